The first-order chi connectivity index (χ1) is 9.33. The van der Waals surface area contributed by atoms with Gasteiger partial charge in [0.2, 0.25) is 0 Å². The normalized spacial score (nSPS) is 19.1. The summed E-state index contributed by atoms with van der Waals surface area (Å²) in [5, 5.41) is 0. The fraction of sp³-hybridized carbons (Fsp3) is 0.167. The Hall–Kier alpha value is -2.15. The standard InChI is InChI=1S/C18H16O/c19-18-12-16(14-7-3-1-4-8-14)11-17(13-18)15-9-5-2-6-10-15/h1-10,12,17H,11,13H2/t17-/m1/s1. The SMILES string of the molecule is O=C1C=C(c2ccccc2)C[C@@H](c2ccccc2)C1. The number of hydrogen-bond donors (Lipinski definition) is 0. The topological polar surface area (TPSA) is 17.1 Å². The molecule has 0 heterocycles. The highest BCUT2D eigenvalue weighted by Gasteiger charge is 2.22. The molecule has 0 saturated heterocycles. The molecule has 0 unspecified atom stereocenters. The van der Waals surface area contributed by atoms with Crippen molar-refractivity contribution >= 4 is 11.4 Å². The van der Waals surface area contributed by atoms with Crippen molar-refractivity contribution in [1.82, 2.24) is 0 Å². The van der Waals surface area contributed by atoms with Crippen LogP contribution >= 0.6 is 0 Å². The van der Waals surface area contributed by atoms with Crippen molar-refractivity contribution in [3.05, 3.63) is 77.9 Å². The number of carbonyl (C=O) groups is 1. The summed E-state index contributed by atoms with van der Waals surface area (Å²) in [6.45, 7) is 0. The minimum absolute atomic E-state index is 0.235. The van der Waals surface area contributed by atoms with Gasteiger partial charge in [-0.3, -0.25) is 4.79 Å². The van der Waals surface area contributed by atoms with E-state index < -0.39 is 0 Å². The first kappa shape index (κ1) is 11.9. The van der Waals surface area contributed by atoms with Gasteiger partial charge in [-0.25, -0.2) is 0 Å². The van der Waals surface area contributed by atoms with E-state index in [1.54, 1.807) is 0 Å². The third-order valence-electron chi connectivity index (χ3n) is 3.66. The highest BCUT2D eigenvalue weighted by molar-refractivity contribution is 5.99. The van der Waals surface area contributed by atoms with Crippen LogP contribution in [0.25, 0.3) is 5.57 Å². The van der Waals surface area contributed by atoms with Gasteiger partial charge in [-0.1, -0.05) is 60.7 Å². The van der Waals surface area contributed by atoms with Gasteiger partial charge in [0.1, 0.15) is 0 Å². The van der Waals surface area contributed by atoms with Crippen molar-refractivity contribution in [1.29, 1.82) is 0 Å². The second kappa shape index (κ2) is 5.23. The summed E-state index contributed by atoms with van der Waals surface area (Å²) in [4.78, 5) is 12.0. The van der Waals surface area contributed by atoms with Gasteiger partial charge >= 0.3 is 0 Å². The first-order valence-corrected chi connectivity index (χ1v) is 6.67. The van der Waals surface area contributed by atoms with Gasteiger partial charge in [0.25, 0.3) is 0 Å². The predicted octanol–water partition coefficient (Wildman–Crippen LogP) is 4.22. The Morgan fingerprint density at radius 1 is 0.789 bits per heavy atom. The van der Waals surface area contributed by atoms with Crippen LogP contribution in [0.2, 0.25) is 0 Å². The molecule has 1 nitrogen and oxygen atoms in total. The Balaban J connectivity index is 1.90. The Morgan fingerprint density at radius 3 is 2.11 bits per heavy atom. The number of rotatable bonds is 2. The highest BCUT2D eigenvalue weighted by atomic mass is 16.1. The molecule has 0 amide bonds. The van der Waals surface area contributed by atoms with Gasteiger partial charge in [0.05, 0.1) is 0 Å². The van der Waals surface area contributed by atoms with Gasteiger partial charge in [0.15, 0.2) is 5.78 Å². The average Bonchev–Trinajstić information content (AvgIpc) is 2.48. The summed E-state index contributed by atoms with van der Waals surface area (Å²) in [5.74, 6) is 0.549. The van der Waals surface area contributed by atoms with Crippen molar-refractivity contribution in [2.24, 2.45) is 0 Å². The van der Waals surface area contributed by atoms with Crippen LogP contribution in [-0.2, 0) is 4.79 Å². The molecule has 0 N–H and O–H groups in total. The molecule has 3 rings (SSSR count). The molecule has 1 aliphatic carbocycles. The zero-order valence-corrected chi connectivity index (χ0v) is 10.8. The molecule has 0 spiro atoms. The van der Waals surface area contributed by atoms with Gasteiger partial charge in [0, 0.05) is 6.42 Å². The molecule has 0 saturated carbocycles. The Morgan fingerprint density at radius 2 is 1.42 bits per heavy atom. The maximum atomic E-state index is 12.0. The van der Waals surface area contributed by atoms with Crippen molar-refractivity contribution in [2.45, 2.75) is 18.8 Å². The van der Waals surface area contributed by atoms with E-state index in [0.29, 0.717) is 12.3 Å². The van der Waals surface area contributed by atoms with Crippen LogP contribution in [0.15, 0.2) is 66.7 Å². The lowest BCUT2D eigenvalue weighted by Crippen LogP contribution is -2.12. The third kappa shape index (κ3) is 2.65. The van der Waals surface area contributed by atoms with Crippen LogP contribution in [0, 0.1) is 0 Å². The average molecular weight is 248 g/mol. The molecule has 0 bridgehead atoms. The van der Waals surface area contributed by atoms with Crippen LogP contribution in [0.4, 0.5) is 0 Å². The lowest BCUT2D eigenvalue weighted by atomic mass is 9.81. The second-order valence-electron chi connectivity index (χ2n) is 5.02. The number of carbonyl (C=O) groups excluding carboxylic acids is 1. The number of benzene rings is 2. The lowest BCUT2D eigenvalue weighted by Gasteiger charge is -2.22. The maximum absolute atomic E-state index is 12.0. The molecule has 1 heteroatoms. The van der Waals surface area contributed by atoms with E-state index in [4.69, 9.17) is 0 Å². The van der Waals surface area contributed by atoms with E-state index >= 15 is 0 Å². The molecule has 2 aromatic carbocycles. The molecule has 19 heavy (non-hydrogen) atoms. The van der Waals surface area contributed by atoms with Crippen molar-refractivity contribution in [2.75, 3.05) is 0 Å². The van der Waals surface area contributed by atoms with E-state index in [9.17, 15) is 4.79 Å². The summed E-state index contributed by atoms with van der Waals surface area (Å²) in [5.41, 5.74) is 3.58. The van der Waals surface area contributed by atoms with Crippen LogP contribution in [0.5, 0.6) is 0 Å². The van der Waals surface area contributed by atoms with E-state index in [0.717, 1.165) is 17.6 Å². The Labute approximate surface area is 113 Å². The van der Waals surface area contributed by atoms with Crippen molar-refractivity contribution in [3.8, 4) is 0 Å². The van der Waals surface area contributed by atoms with E-state index in [1.165, 1.54) is 5.56 Å². The number of allylic oxidation sites excluding steroid dienone is 2. The smallest absolute Gasteiger partial charge is 0.156 e. The minimum Gasteiger partial charge on any atom is -0.295 e. The fourth-order valence-electron chi connectivity index (χ4n) is 2.71. The molecule has 2 aromatic rings. The zero-order chi connectivity index (χ0) is 13.1. The van der Waals surface area contributed by atoms with Crippen LogP contribution in [0.1, 0.15) is 29.9 Å². The predicted molar refractivity (Wildman–Crippen MR) is 77.8 cm³/mol. The number of hydrogen-bond acceptors (Lipinski definition) is 1. The Bertz CT molecular complexity index is 596. The molecular weight excluding hydrogens is 232 g/mol. The quantitative estimate of drug-likeness (QED) is 0.777. The monoisotopic (exact) mass is 248 g/mol. The summed E-state index contributed by atoms with van der Waals surface area (Å²) >= 11 is 0. The molecular formula is C18H16O. The minimum atomic E-state index is 0.235. The summed E-state index contributed by atoms with van der Waals surface area (Å²) < 4.78 is 0. The molecule has 1 atom stereocenters. The summed E-state index contributed by atoms with van der Waals surface area (Å²) in [6.07, 6.45) is 3.38. The van der Waals surface area contributed by atoms with E-state index in [2.05, 4.69) is 24.3 Å². The summed E-state index contributed by atoms with van der Waals surface area (Å²) in [6, 6.07) is 20.5. The van der Waals surface area contributed by atoms with Crippen LogP contribution in [-0.4, -0.2) is 5.78 Å². The van der Waals surface area contributed by atoms with Crippen LogP contribution in [0.3, 0.4) is 0 Å². The van der Waals surface area contributed by atoms with E-state index in [1.807, 2.05) is 42.5 Å². The number of ketones is 1. The Kier molecular flexibility index (Phi) is 3.28. The third-order valence-corrected chi connectivity index (χ3v) is 3.66. The molecule has 0 fully saturated rings. The fourth-order valence-corrected chi connectivity index (χ4v) is 2.71. The van der Waals surface area contributed by atoms with Crippen molar-refractivity contribution in [3.63, 3.8) is 0 Å². The van der Waals surface area contributed by atoms with Gasteiger partial charge < -0.3 is 0 Å². The van der Waals surface area contributed by atoms with E-state index in [-0.39, 0.29) is 5.78 Å². The highest BCUT2D eigenvalue weighted by Crippen LogP contribution is 2.35. The molecule has 1 aliphatic rings. The molecule has 94 valence electrons. The molecule has 0 radical (unpaired) electrons. The molecule has 0 aromatic heterocycles. The van der Waals surface area contributed by atoms with Gasteiger partial charge in [-0.05, 0) is 35.1 Å². The molecule has 0 aliphatic heterocycles. The largest absolute Gasteiger partial charge is 0.295 e. The van der Waals surface area contributed by atoms with Crippen molar-refractivity contribution < 1.29 is 4.79 Å². The lowest BCUT2D eigenvalue weighted by molar-refractivity contribution is -0.115. The van der Waals surface area contributed by atoms with Crippen LogP contribution < -0.4 is 0 Å². The first-order valence-electron chi connectivity index (χ1n) is 6.67. The summed E-state index contributed by atoms with van der Waals surface area (Å²) in [7, 11) is 0. The second-order valence-corrected chi connectivity index (χ2v) is 5.02. The maximum Gasteiger partial charge on any atom is 0.156 e. The van der Waals surface area contributed by atoms with Gasteiger partial charge in [-0.15, -0.1) is 0 Å². The van der Waals surface area contributed by atoms with Gasteiger partial charge in [-0.2, -0.15) is 0 Å². The zero-order valence-electron chi connectivity index (χ0n) is 10.8.